The maximum atomic E-state index is 12.0. The standard InChI is InChI=1S/C17H20N2O3/c1-12-5-4-6-13(9-12)18-11-17(20)19-15-8-7-14(21-2)10-16(15)22-3/h4-10,18H,11H2,1-3H3,(H,19,20). The number of hydrogen-bond donors (Lipinski definition) is 2. The number of carbonyl (C=O) groups is 1. The molecule has 0 atom stereocenters. The van der Waals surface area contributed by atoms with Gasteiger partial charge in [-0.1, -0.05) is 12.1 Å². The van der Waals surface area contributed by atoms with Crippen molar-refractivity contribution in [1.29, 1.82) is 0 Å². The molecular formula is C17H20N2O3. The molecule has 5 nitrogen and oxygen atoms in total. The SMILES string of the molecule is COc1ccc(NC(=O)CNc2cccc(C)c2)c(OC)c1. The number of rotatable bonds is 6. The summed E-state index contributed by atoms with van der Waals surface area (Å²) in [7, 11) is 3.13. The number of ether oxygens (including phenoxy) is 2. The van der Waals surface area contributed by atoms with Crippen molar-refractivity contribution in [3.8, 4) is 11.5 Å². The van der Waals surface area contributed by atoms with Gasteiger partial charge in [0.1, 0.15) is 11.5 Å². The second kappa shape index (κ2) is 7.36. The molecule has 0 heterocycles. The minimum absolute atomic E-state index is 0.148. The molecule has 2 aromatic carbocycles. The van der Waals surface area contributed by atoms with Gasteiger partial charge in [0, 0.05) is 11.8 Å². The highest BCUT2D eigenvalue weighted by Gasteiger charge is 2.08. The van der Waals surface area contributed by atoms with Gasteiger partial charge in [0.15, 0.2) is 0 Å². The van der Waals surface area contributed by atoms with E-state index in [9.17, 15) is 4.79 Å². The van der Waals surface area contributed by atoms with Gasteiger partial charge in [-0.15, -0.1) is 0 Å². The van der Waals surface area contributed by atoms with Crippen LogP contribution >= 0.6 is 0 Å². The average molecular weight is 300 g/mol. The van der Waals surface area contributed by atoms with Crippen molar-refractivity contribution < 1.29 is 14.3 Å². The van der Waals surface area contributed by atoms with E-state index in [1.54, 1.807) is 32.4 Å². The summed E-state index contributed by atoms with van der Waals surface area (Å²) in [4.78, 5) is 12.0. The van der Waals surface area contributed by atoms with Crippen LogP contribution in [0.15, 0.2) is 42.5 Å². The van der Waals surface area contributed by atoms with Gasteiger partial charge in [0.2, 0.25) is 5.91 Å². The molecule has 0 spiro atoms. The lowest BCUT2D eigenvalue weighted by Gasteiger charge is -2.12. The largest absolute Gasteiger partial charge is 0.497 e. The van der Waals surface area contributed by atoms with Crippen LogP contribution in [-0.4, -0.2) is 26.7 Å². The lowest BCUT2D eigenvalue weighted by atomic mass is 10.2. The smallest absolute Gasteiger partial charge is 0.243 e. The van der Waals surface area contributed by atoms with Crippen LogP contribution in [-0.2, 0) is 4.79 Å². The summed E-state index contributed by atoms with van der Waals surface area (Å²) in [6, 6.07) is 13.1. The molecule has 2 N–H and O–H groups in total. The number of amides is 1. The van der Waals surface area contributed by atoms with E-state index >= 15 is 0 Å². The predicted octanol–water partition coefficient (Wildman–Crippen LogP) is 3.06. The normalized spacial score (nSPS) is 9.95. The van der Waals surface area contributed by atoms with E-state index in [4.69, 9.17) is 9.47 Å². The molecule has 2 rings (SSSR count). The summed E-state index contributed by atoms with van der Waals surface area (Å²) in [5.41, 5.74) is 2.67. The summed E-state index contributed by atoms with van der Waals surface area (Å²) in [6.45, 7) is 2.19. The van der Waals surface area contributed by atoms with Gasteiger partial charge in [0.25, 0.3) is 0 Å². The molecule has 0 radical (unpaired) electrons. The van der Waals surface area contributed by atoms with E-state index in [1.165, 1.54) is 0 Å². The Hall–Kier alpha value is -2.69. The Balaban J connectivity index is 1.97. The first-order valence-corrected chi connectivity index (χ1v) is 6.95. The van der Waals surface area contributed by atoms with E-state index in [0.717, 1.165) is 11.3 Å². The van der Waals surface area contributed by atoms with Gasteiger partial charge in [-0.2, -0.15) is 0 Å². The fourth-order valence-corrected chi connectivity index (χ4v) is 2.03. The summed E-state index contributed by atoms with van der Waals surface area (Å²) >= 11 is 0. The Bertz CT molecular complexity index is 656. The van der Waals surface area contributed by atoms with E-state index in [1.807, 2.05) is 31.2 Å². The van der Waals surface area contributed by atoms with Crippen molar-refractivity contribution in [2.24, 2.45) is 0 Å². The Labute approximate surface area is 130 Å². The second-order valence-electron chi connectivity index (χ2n) is 4.84. The first-order valence-electron chi connectivity index (χ1n) is 6.95. The molecule has 0 fully saturated rings. The van der Waals surface area contributed by atoms with E-state index in [0.29, 0.717) is 17.2 Å². The van der Waals surface area contributed by atoms with Crippen LogP contribution in [0, 0.1) is 6.92 Å². The van der Waals surface area contributed by atoms with Gasteiger partial charge >= 0.3 is 0 Å². The fraction of sp³-hybridized carbons (Fsp3) is 0.235. The zero-order chi connectivity index (χ0) is 15.9. The first-order chi connectivity index (χ1) is 10.6. The molecule has 22 heavy (non-hydrogen) atoms. The summed E-state index contributed by atoms with van der Waals surface area (Å²) in [5, 5.41) is 5.90. The Morgan fingerprint density at radius 2 is 1.91 bits per heavy atom. The molecule has 0 aliphatic rings. The van der Waals surface area contributed by atoms with Crippen LogP contribution in [0.25, 0.3) is 0 Å². The van der Waals surface area contributed by atoms with Gasteiger partial charge in [-0.3, -0.25) is 4.79 Å². The minimum atomic E-state index is -0.148. The Morgan fingerprint density at radius 3 is 2.59 bits per heavy atom. The minimum Gasteiger partial charge on any atom is -0.497 e. The number of carbonyl (C=O) groups excluding carboxylic acids is 1. The monoisotopic (exact) mass is 300 g/mol. The molecule has 116 valence electrons. The van der Waals surface area contributed by atoms with Crippen LogP contribution in [0.4, 0.5) is 11.4 Å². The third-order valence-electron chi connectivity index (χ3n) is 3.15. The number of anilines is 2. The molecule has 0 unspecified atom stereocenters. The summed E-state index contributed by atoms with van der Waals surface area (Å²) in [5.74, 6) is 1.08. The van der Waals surface area contributed by atoms with Crippen molar-refractivity contribution in [2.45, 2.75) is 6.92 Å². The maximum absolute atomic E-state index is 12.0. The van der Waals surface area contributed by atoms with E-state index < -0.39 is 0 Å². The molecule has 1 amide bonds. The van der Waals surface area contributed by atoms with Crippen LogP contribution in [0.5, 0.6) is 11.5 Å². The van der Waals surface area contributed by atoms with Crippen LogP contribution in [0.3, 0.4) is 0 Å². The number of methoxy groups -OCH3 is 2. The molecule has 5 heteroatoms. The zero-order valence-electron chi connectivity index (χ0n) is 13.0. The van der Waals surface area contributed by atoms with Gasteiger partial charge in [0.05, 0.1) is 26.5 Å². The van der Waals surface area contributed by atoms with Crippen LogP contribution in [0.2, 0.25) is 0 Å². The fourth-order valence-electron chi connectivity index (χ4n) is 2.03. The van der Waals surface area contributed by atoms with Crippen molar-refractivity contribution in [1.82, 2.24) is 0 Å². The summed E-state index contributed by atoms with van der Waals surface area (Å²) < 4.78 is 10.4. The molecule has 0 aliphatic heterocycles. The number of hydrogen-bond acceptors (Lipinski definition) is 4. The van der Waals surface area contributed by atoms with Crippen LogP contribution in [0.1, 0.15) is 5.56 Å². The molecule has 0 bridgehead atoms. The Kier molecular flexibility index (Phi) is 5.25. The quantitative estimate of drug-likeness (QED) is 0.861. The number of nitrogens with one attached hydrogen (secondary N) is 2. The highest BCUT2D eigenvalue weighted by atomic mass is 16.5. The maximum Gasteiger partial charge on any atom is 0.243 e. The predicted molar refractivity (Wildman–Crippen MR) is 87.8 cm³/mol. The molecule has 0 aromatic heterocycles. The lowest BCUT2D eigenvalue weighted by Crippen LogP contribution is -2.22. The third-order valence-corrected chi connectivity index (χ3v) is 3.15. The topological polar surface area (TPSA) is 59.6 Å². The molecular weight excluding hydrogens is 280 g/mol. The van der Waals surface area contributed by atoms with Crippen molar-refractivity contribution in [2.75, 3.05) is 31.4 Å². The van der Waals surface area contributed by atoms with Crippen molar-refractivity contribution >= 4 is 17.3 Å². The molecule has 2 aromatic rings. The molecule has 0 saturated heterocycles. The first kappa shape index (κ1) is 15.7. The van der Waals surface area contributed by atoms with E-state index in [2.05, 4.69) is 10.6 Å². The number of aryl methyl sites for hydroxylation is 1. The zero-order valence-corrected chi connectivity index (χ0v) is 13.0. The van der Waals surface area contributed by atoms with Crippen molar-refractivity contribution in [3.05, 3.63) is 48.0 Å². The van der Waals surface area contributed by atoms with Crippen molar-refractivity contribution in [3.63, 3.8) is 0 Å². The molecule has 0 saturated carbocycles. The average Bonchev–Trinajstić information content (AvgIpc) is 2.53. The Morgan fingerprint density at radius 1 is 1.09 bits per heavy atom. The highest BCUT2D eigenvalue weighted by molar-refractivity contribution is 5.95. The van der Waals surface area contributed by atoms with E-state index in [-0.39, 0.29) is 12.5 Å². The highest BCUT2D eigenvalue weighted by Crippen LogP contribution is 2.28. The van der Waals surface area contributed by atoms with Gasteiger partial charge in [-0.25, -0.2) is 0 Å². The number of benzene rings is 2. The van der Waals surface area contributed by atoms with Gasteiger partial charge < -0.3 is 20.1 Å². The van der Waals surface area contributed by atoms with Gasteiger partial charge in [-0.05, 0) is 36.8 Å². The third kappa shape index (κ3) is 4.15. The molecule has 0 aliphatic carbocycles. The van der Waals surface area contributed by atoms with Crippen LogP contribution < -0.4 is 20.1 Å². The second-order valence-corrected chi connectivity index (χ2v) is 4.84. The summed E-state index contributed by atoms with van der Waals surface area (Å²) in [6.07, 6.45) is 0. The lowest BCUT2D eigenvalue weighted by molar-refractivity contribution is -0.114.